The van der Waals surface area contributed by atoms with Gasteiger partial charge in [0, 0.05) is 35.9 Å². The van der Waals surface area contributed by atoms with Crippen molar-refractivity contribution < 1.29 is 9.18 Å². The van der Waals surface area contributed by atoms with E-state index in [2.05, 4.69) is 77.8 Å². The van der Waals surface area contributed by atoms with Crippen molar-refractivity contribution in [3.63, 3.8) is 0 Å². The number of aryl methyl sites for hydroxylation is 1. The summed E-state index contributed by atoms with van der Waals surface area (Å²) >= 11 is 1.28. The lowest BCUT2D eigenvalue weighted by atomic mass is 10.2. The molecule has 0 atom stereocenters. The summed E-state index contributed by atoms with van der Waals surface area (Å²) in [4.78, 5) is 19.8. The fourth-order valence-electron chi connectivity index (χ4n) is 3.99. The average molecular weight is 463 g/mol. The van der Waals surface area contributed by atoms with Crippen LogP contribution in [-0.4, -0.2) is 28.7 Å². The van der Waals surface area contributed by atoms with Crippen molar-refractivity contribution in [1.29, 1.82) is 0 Å². The quantitative estimate of drug-likeness (QED) is 0.459. The molecule has 0 aliphatic carbocycles. The van der Waals surface area contributed by atoms with Gasteiger partial charge in [-0.25, -0.2) is 9.38 Å². The standard InChI is InChI=1S/C26H27FN4OS/c1-5-30(6-2)22-11-13-23(14-12-22)31-17(3)15-19(18(31)4)16-24-25(32)29-26(33-24)28-21-9-7-20(27)8-10-21/h7-16H,5-6H2,1-4H3,(H,28,29,32)/b24-16-. The molecular formula is C26H27FN4OS. The van der Waals surface area contributed by atoms with E-state index in [0.29, 0.717) is 15.8 Å². The number of anilines is 1. The molecule has 1 amide bonds. The number of amides is 1. The van der Waals surface area contributed by atoms with Gasteiger partial charge in [-0.2, -0.15) is 0 Å². The van der Waals surface area contributed by atoms with Gasteiger partial charge in [0.2, 0.25) is 0 Å². The first-order valence-corrected chi connectivity index (χ1v) is 11.8. The van der Waals surface area contributed by atoms with E-state index in [-0.39, 0.29) is 11.7 Å². The summed E-state index contributed by atoms with van der Waals surface area (Å²) in [6, 6.07) is 16.5. The minimum atomic E-state index is -0.319. The Morgan fingerprint density at radius 2 is 1.73 bits per heavy atom. The van der Waals surface area contributed by atoms with Crippen molar-refractivity contribution in [1.82, 2.24) is 9.88 Å². The second-order valence-corrected chi connectivity index (χ2v) is 8.84. The molecule has 5 nitrogen and oxygen atoms in total. The van der Waals surface area contributed by atoms with E-state index in [1.165, 1.54) is 29.6 Å². The number of aliphatic imine (C=N–C) groups is 1. The van der Waals surface area contributed by atoms with Gasteiger partial charge in [0.1, 0.15) is 5.82 Å². The molecule has 2 heterocycles. The first-order chi connectivity index (χ1) is 15.9. The van der Waals surface area contributed by atoms with Crippen molar-refractivity contribution in [3.05, 3.63) is 82.3 Å². The van der Waals surface area contributed by atoms with E-state index in [1.807, 2.05) is 6.08 Å². The number of rotatable bonds is 6. The Labute approximate surface area is 198 Å². The smallest absolute Gasteiger partial charge is 0.264 e. The van der Waals surface area contributed by atoms with Crippen LogP contribution >= 0.6 is 11.8 Å². The van der Waals surface area contributed by atoms with Crippen LogP contribution in [0.3, 0.4) is 0 Å². The molecule has 2 aromatic carbocycles. The van der Waals surface area contributed by atoms with Gasteiger partial charge < -0.3 is 14.8 Å². The minimum Gasteiger partial charge on any atom is -0.372 e. The summed E-state index contributed by atoms with van der Waals surface area (Å²) in [5.41, 5.74) is 6.03. The van der Waals surface area contributed by atoms with Gasteiger partial charge in [-0.1, -0.05) is 0 Å². The highest BCUT2D eigenvalue weighted by Crippen LogP contribution is 2.31. The van der Waals surface area contributed by atoms with Crippen molar-refractivity contribution >= 4 is 40.3 Å². The normalized spacial score (nSPS) is 16.0. The predicted molar refractivity (Wildman–Crippen MR) is 136 cm³/mol. The van der Waals surface area contributed by atoms with E-state index in [0.717, 1.165) is 35.7 Å². The molecule has 1 saturated heterocycles. The maximum atomic E-state index is 13.1. The van der Waals surface area contributed by atoms with Crippen LogP contribution in [0.1, 0.15) is 30.8 Å². The third kappa shape index (κ3) is 4.88. The number of carbonyl (C=O) groups excluding carboxylic acids is 1. The highest BCUT2D eigenvalue weighted by molar-refractivity contribution is 8.18. The number of halogens is 1. The minimum absolute atomic E-state index is 0.186. The van der Waals surface area contributed by atoms with E-state index in [1.54, 1.807) is 12.1 Å². The Morgan fingerprint density at radius 1 is 1.06 bits per heavy atom. The number of carbonyl (C=O) groups is 1. The van der Waals surface area contributed by atoms with Gasteiger partial charge in [-0.15, -0.1) is 0 Å². The number of amidine groups is 1. The molecule has 4 rings (SSSR count). The monoisotopic (exact) mass is 462 g/mol. The molecule has 33 heavy (non-hydrogen) atoms. The number of hydrogen-bond donors (Lipinski definition) is 1. The molecule has 0 unspecified atom stereocenters. The summed E-state index contributed by atoms with van der Waals surface area (Å²) in [6.07, 6.45) is 1.90. The molecule has 170 valence electrons. The van der Waals surface area contributed by atoms with Gasteiger partial charge in [-0.3, -0.25) is 4.79 Å². The van der Waals surface area contributed by atoms with Crippen LogP contribution in [0, 0.1) is 19.7 Å². The zero-order valence-corrected chi connectivity index (χ0v) is 20.0. The molecule has 1 aliphatic heterocycles. The zero-order valence-electron chi connectivity index (χ0n) is 19.2. The van der Waals surface area contributed by atoms with Crippen LogP contribution in [0.5, 0.6) is 0 Å². The lowest BCUT2D eigenvalue weighted by Gasteiger charge is -2.21. The Balaban J connectivity index is 1.59. The highest BCUT2D eigenvalue weighted by Gasteiger charge is 2.24. The number of aromatic nitrogens is 1. The maximum Gasteiger partial charge on any atom is 0.264 e. The molecule has 1 fully saturated rings. The number of nitrogens with zero attached hydrogens (tertiary/aromatic N) is 3. The molecule has 0 spiro atoms. The summed E-state index contributed by atoms with van der Waals surface area (Å²) in [5, 5.41) is 3.27. The summed E-state index contributed by atoms with van der Waals surface area (Å²) < 4.78 is 15.3. The number of thioether (sulfide) groups is 1. The van der Waals surface area contributed by atoms with Gasteiger partial charge in [0.05, 0.1) is 10.6 Å². The number of nitrogens with one attached hydrogen (secondary N) is 1. The largest absolute Gasteiger partial charge is 0.372 e. The van der Waals surface area contributed by atoms with Crippen LogP contribution in [0.2, 0.25) is 0 Å². The van der Waals surface area contributed by atoms with Gasteiger partial charge in [-0.05, 0) is 106 Å². The van der Waals surface area contributed by atoms with E-state index < -0.39 is 0 Å². The topological polar surface area (TPSA) is 49.6 Å². The molecule has 0 radical (unpaired) electrons. The summed E-state index contributed by atoms with van der Waals surface area (Å²) in [7, 11) is 0. The van der Waals surface area contributed by atoms with Crippen LogP contribution < -0.4 is 10.2 Å². The van der Waals surface area contributed by atoms with Crippen LogP contribution in [0.4, 0.5) is 15.8 Å². The molecule has 3 aromatic rings. The Hall–Kier alpha value is -3.32. The first kappa shape index (κ1) is 22.9. The highest BCUT2D eigenvalue weighted by atomic mass is 32.2. The summed E-state index contributed by atoms with van der Waals surface area (Å²) in [5.74, 6) is -0.505. The zero-order chi connectivity index (χ0) is 23.5. The second-order valence-electron chi connectivity index (χ2n) is 7.81. The maximum absolute atomic E-state index is 13.1. The van der Waals surface area contributed by atoms with Gasteiger partial charge in [0.15, 0.2) is 5.17 Å². The second kappa shape index (κ2) is 9.67. The Bertz CT molecular complexity index is 1220. The van der Waals surface area contributed by atoms with Gasteiger partial charge >= 0.3 is 0 Å². The van der Waals surface area contributed by atoms with Crippen LogP contribution in [0.15, 0.2) is 64.5 Å². The van der Waals surface area contributed by atoms with Crippen LogP contribution in [0.25, 0.3) is 11.8 Å². The Kier molecular flexibility index (Phi) is 6.70. The molecule has 1 aliphatic rings. The third-order valence-corrected chi connectivity index (χ3v) is 6.61. The molecule has 0 bridgehead atoms. The molecule has 1 aromatic heterocycles. The van der Waals surface area contributed by atoms with Gasteiger partial charge in [0.25, 0.3) is 5.91 Å². The van der Waals surface area contributed by atoms with Crippen molar-refractivity contribution in [2.45, 2.75) is 27.7 Å². The fourth-order valence-corrected chi connectivity index (χ4v) is 4.82. The van der Waals surface area contributed by atoms with Crippen molar-refractivity contribution in [2.24, 2.45) is 4.99 Å². The van der Waals surface area contributed by atoms with Crippen molar-refractivity contribution in [3.8, 4) is 5.69 Å². The average Bonchev–Trinajstić information content (AvgIpc) is 3.29. The molecular weight excluding hydrogens is 435 g/mol. The summed E-state index contributed by atoms with van der Waals surface area (Å²) in [6.45, 7) is 10.4. The third-order valence-electron chi connectivity index (χ3n) is 5.70. The number of benzene rings is 2. The fraction of sp³-hybridized carbons (Fsp3) is 0.231. The van der Waals surface area contributed by atoms with E-state index in [9.17, 15) is 9.18 Å². The van der Waals surface area contributed by atoms with Crippen molar-refractivity contribution in [2.75, 3.05) is 18.0 Å². The van der Waals surface area contributed by atoms with E-state index >= 15 is 0 Å². The van der Waals surface area contributed by atoms with E-state index in [4.69, 9.17) is 0 Å². The number of hydrogen-bond acceptors (Lipinski definition) is 4. The Morgan fingerprint density at radius 3 is 2.36 bits per heavy atom. The first-order valence-electron chi connectivity index (χ1n) is 11.0. The molecule has 7 heteroatoms. The molecule has 1 N–H and O–H groups in total. The lowest BCUT2D eigenvalue weighted by Crippen LogP contribution is -2.21. The predicted octanol–water partition coefficient (Wildman–Crippen LogP) is 5.97. The van der Waals surface area contributed by atoms with Crippen LogP contribution in [-0.2, 0) is 4.79 Å². The lowest BCUT2D eigenvalue weighted by molar-refractivity contribution is -0.115. The SMILES string of the molecule is CCN(CC)c1ccc(-n2c(C)cc(/C=C3\SC(=Nc4ccc(F)cc4)NC3=O)c2C)cc1. The molecule has 0 saturated carbocycles.